The molecule has 1 aliphatic carbocycles. The van der Waals surface area contributed by atoms with Gasteiger partial charge in [-0.15, -0.1) is 0 Å². The Labute approximate surface area is 214 Å². The molecule has 1 saturated carbocycles. The van der Waals surface area contributed by atoms with Crippen molar-refractivity contribution < 1.29 is 18.3 Å². The summed E-state index contributed by atoms with van der Waals surface area (Å²) in [5, 5.41) is 11.1. The van der Waals surface area contributed by atoms with Gasteiger partial charge in [-0.25, -0.2) is 28.1 Å². The first-order valence-electron chi connectivity index (χ1n) is 12.2. The lowest BCUT2D eigenvalue weighted by atomic mass is 9.68. The highest BCUT2D eigenvalue weighted by Crippen LogP contribution is 2.50. The number of aliphatic hydroxyl groups is 1. The molecule has 2 saturated heterocycles. The number of fused-ring (bicyclic) bond motifs is 4. The third-order valence-corrected chi connectivity index (χ3v) is 9.32. The van der Waals surface area contributed by atoms with Crippen molar-refractivity contribution in [3.05, 3.63) is 72.2 Å². The zero-order chi connectivity index (χ0) is 25.8. The van der Waals surface area contributed by atoms with E-state index in [4.69, 9.17) is 10.5 Å². The van der Waals surface area contributed by atoms with E-state index in [0.29, 0.717) is 42.7 Å². The lowest BCUT2D eigenvalue weighted by Crippen LogP contribution is -2.64. The van der Waals surface area contributed by atoms with Gasteiger partial charge in [0.05, 0.1) is 28.3 Å². The van der Waals surface area contributed by atoms with E-state index in [1.807, 2.05) is 37.3 Å². The van der Waals surface area contributed by atoms with Gasteiger partial charge in [0, 0.05) is 11.8 Å². The molecule has 4 aromatic rings. The van der Waals surface area contributed by atoms with Gasteiger partial charge in [-0.1, -0.05) is 36.4 Å². The lowest BCUT2D eigenvalue weighted by Gasteiger charge is -2.54. The van der Waals surface area contributed by atoms with Crippen molar-refractivity contribution in [1.82, 2.24) is 24.1 Å². The first kappa shape index (κ1) is 24.0. The fourth-order valence-corrected chi connectivity index (χ4v) is 6.97. The maximum Gasteiger partial charge on any atom is 0.241 e. The van der Waals surface area contributed by atoms with Crippen LogP contribution in [0.1, 0.15) is 42.9 Å². The Morgan fingerprint density at radius 3 is 2.54 bits per heavy atom. The average Bonchev–Trinajstić information content (AvgIpc) is 3.35. The van der Waals surface area contributed by atoms with Crippen molar-refractivity contribution in [2.75, 3.05) is 12.3 Å². The molecule has 4 N–H and O–H groups in total. The molecular formula is C26H28N6O4S. The highest BCUT2D eigenvalue weighted by Gasteiger charge is 2.54. The first-order valence-corrected chi connectivity index (χ1v) is 13.7. The maximum absolute atomic E-state index is 13.6. The number of imidazole rings is 1. The molecule has 11 heteroatoms. The van der Waals surface area contributed by atoms with E-state index in [2.05, 4.69) is 19.7 Å². The van der Waals surface area contributed by atoms with Gasteiger partial charge in [-0.2, -0.15) is 0 Å². The second-order valence-electron chi connectivity index (χ2n) is 10.1. The van der Waals surface area contributed by atoms with Gasteiger partial charge in [0.1, 0.15) is 12.4 Å². The van der Waals surface area contributed by atoms with Crippen LogP contribution < -0.4 is 10.5 Å². The van der Waals surface area contributed by atoms with Gasteiger partial charge in [-0.3, -0.25) is 4.40 Å². The molecular weight excluding hydrogens is 492 g/mol. The number of ether oxygens (including phenoxy) is 1. The number of rotatable bonds is 6. The molecule has 1 unspecified atom stereocenters. The van der Waals surface area contributed by atoms with Crippen LogP contribution in [0.5, 0.6) is 0 Å². The van der Waals surface area contributed by atoms with Gasteiger partial charge in [-0.05, 0) is 55.9 Å². The van der Waals surface area contributed by atoms with E-state index in [1.165, 1.54) is 6.33 Å². The van der Waals surface area contributed by atoms with E-state index < -0.39 is 27.3 Å². The minimum Gasteiger partial charge on any atom is -0.385 e. The van der Waals surface area contributed by atoms with Gasteiger partial charge in [0.15, 0.2) is 0 Å². The van der Waals surface area contributed by atoms with Crippen LogP contribution in [0.2, 0.25) is 0 Å². The van der Waals surface area contributed by atoms with E-state index in [1.54, 1.807) is 28.8 Å². The molecule has 2 bridgehead atoms. The third-order valence-electron chi connectivity index (χ3n) is 7.75. The standard InChI is InChI=1S/C26H28N6O4S/c1-17-7-8-19(13-20(17)21-14-32-23(27)28-16-29-24(32)30-21)37(34,35)31-25-9-11-26(12-10-25,36-15-25)22(33)18-5-3-2-4-6-18/h2-8,13-14,16,22,31,33H,9-12,15H2,1H3,(H2,27,28,29,30). The third kappa shape index (κ3) is 4.08. The normalized spacial score (nSPS) is 24.4. The molecule has 0 radical (unpaired) electrons. The molecule has 1 atom stereocenters. The van der Waals surface area contributed by atoms with Gasteiger partial charge in [0.2, 0.25) is 21.7 Å². The molecule has 0 amide bonds. The van der Waals surface area contributed by atoms with Crippen molar-refractivity contribution in [2.24, 2.45) is 0 Å². The van der Waals surface area contributed by atoms with Crippen LogP contribution in [0.15, 0.2) is 66.0 Å². The Kier molecular flexibility index (Phi) is 5.57. The average molecular weight is 521 g/mol. The molecule has 2 aromatic carbocycles. The molecule has 2 aromatic heterocycles. The highest BCUT2D eigenvalue weighted by molar-refractivity contribution is 7.89. The summed E-state index contributed by atoms with van der Waals surface area (Å²) in [6.45, 7) is 2.10. The quantitative estimate of drug-likeness (QED) is 0.352. The van der Waals surface area contributed by atoms with Crippen LogP contribution in [0, 0.1) is 6.92 Å². The number of nitrogens with two attached hydrogens (primary N) is 1. The molecule has 2 aliphatic heterocycles. The molecule has 3 aliphatic rings. The van der Waals surface area contributed by atoms with Crippen LogP contribution in [0.3, 0.4) is 0 Å². The number of sulfonamides is 1. The second kappa shape index (κ2) is 8.59. The van der Waals surface area contributed by atoms with Crippen LogP contribution in [0.25, 0.3) is 17.0 Å². The Balaban J connectivity index is 1.24. The largest absolute Gasteiger partial charge is 0.385 e. The molecule has 192 valence electrons. The Morgan fingerprint density at radius 1 is 1.11 bits per heavy atom. The number of aryl methyl sites for hydroxylation is 1. The smallest absolute Gasteiger partial charge is 0.241 e. The molecule has 4 heterocycles. The number of aliphatic hydroxyl groups excluding tert-OH is 1. The maximum atomic E-state index is 13.6. The number of hydrogen-bond acceptors (Lipinski definition) is 8. The zero-order valence-corrected chi connectivity index (χ0v) is 21.1. The van der Waals surface area contributed by atoms with Crippen molar-refractivity contribution in [3.63, 3.8) is 0 Å². The first-order chi connectivity index (χ1) is 17.7. The topological polar surface area (TPSA) is 145 Å². The highest BCUT2D eigenvalue weighted by atomic mass is 32.2. The molecule has 0 spiro atoms. The summed E-state index contributed by atoms with van der Waals surface area (Å²) in [5.41, 5.74) is 7.41. The Hall–Kier alpha value is -3.38. The summed E-state index contributed by atoms with van der Waals surface area (Å²) in [5.74, 6) is 0.629. The molecule has 3 fully saturated rings. The van der Waals surface area contributed by atoms with Crippen molar-refractivity contribution in [2.45, 2.75) is 54.7 Å². The summed E-state index contributed by atoms with van der Waals surface area (Å²) >= 11 is 0. The van der Waals surface area contributed by atoms with Crippen LogP contribution in [-0.2, 0) is 14.8 Å². The van der Waals surface area contributed by atoms with E-state index in [9.17, 15) is 13.5 Å². The number of aromatic nitrogens is 4. The molecule has 37 heavy (non-hydrogen) atoms. The van der Waals surface area contributed by atoms with Gasteiger partial charge < -0.3 is 15.6 Å². The van der Waals surface area contributed by atoms with Crippen molar-refractivity contribution >= 4 is 21.7 Å². The van der Waals surface area contributed by atoms with Crippen molar-refractivity contribution in [3.8, 4) is 11.3 Å². The number of benzene rings is 2. The monoisotopic (exact) mass is 520 g/mol. The van der Waals surface area contributed by atoms with Crippen molar-refractivity contribution in [1.29, 1.82) is 0 Å². The van der Waals surface area contributed by atoms with E-state index in [-0.39, 0.29) is 17.5 Å². The molecule has 7 rings (SSSR count). The fourth-order valence-electron chi connectivity index (χ4n) is 5.50. The molecule has 10 nitrogen and oxygen atoms in total. The van der Waals surface area contributed by atoms with Crippen LogP contribution in [-0.4, -0.2) is 50.6 Å². The predicted octanol–water partition coefficient (Wildman–Crippen LogP) is 2.78. The second-order valence-corrected chi connectivity index (χ2v) is 11.7. The Morgan fingerprint density at radius 2 is 1.86 bits per heavy atom. The number of nitrogens with one attached hydrogen (secondary N) is 1. The summed E-state index contributed by atoms with van der Waals surface area (Å²) < 4.78 is 37.8. The summed E-state index contributed by atoms with van der Waals surface area (Å²) in [6, 6.07) is 14.5. The number of anilines is 1. The van der Waals surface area contributed by atoms with E-state index in [0.717, 1.165) is 11.1 Å². The number of nitrogens with zero attached hydrogens (tertiary/aromatic N) is 4. The van der Waals surface area contributed by atoms with E-state index >= 15 is 0 Å². The SMILES string of the molecule is Cc1ccc(S(=O)(=O)NC23CCC(C(O)c4ccccc4)(CC2)OC3)cc1-c1cn2c(N)ncnc2n1. The van der Waals surface area contributed by atoms with Gasteiger partial charge in [0.25, 0.3) is 0 Å². The van der Waals surface area contributed by atoms with Crippen LogP contribution >= 0.6 is 0 Å². The summed E-state index contributed by atoms with van der Waals surface area (Å²) in [4.78, 5) is 12.7. The number of hydrogen-bond donors (Lipinski definition) is 3. The minimum atomic E-state index is -3.86. The predicted molar refractivity (Wildman–Crippen MR) is 137 cm³/mol. The van der Waals surface area contributed by atoms with Crippen LogP contribution in [0.4, 0.5) is 5.95 Å². The fraction of sp³-hybridized carbons (Fsp3) is 0.346. The Bertz CT molecular complexity index is 1560. The summed E-state index contributed by atoms with van der Waals surface area (Å²) in [7, 11) is -3.86. The lowest BCUT2D eigenvalue weighted by molar-refractivity contribution is -0.207. The summed E-state index contributed by atoms with van der Waals surface area (Å²) in [6.07, 6.45) is 4.57. The number of nitrogen functional groups attached to an aromatic ring is 1. The van der Waals surface area contributed by atoms with Gasteiger partial charge >= 0.3 is 0 Å². The zero-order valence-electron chi connectivity index (χ0n) is 20.3. The minimum absolute atomic E-state index is 0.144.